The van der Waals surface area contributed by atoms with Gasteiger partial charge in [-0.1, -0.05) is 131 Å². The van der Waals surface area contributed by atoms with Crippen molar-refractivity contribution in [3.05, 3.63) is 224 Å². The summed E-state index contributed by atoms with van der Waals surface area (Å²) in [6.45, 7) is 16.9. The number of aryl methyl sites for hydroxylation is 2. The van der Waals surface area contributed by atoms with Crippen LogP contribution in [0.4, 0.5) is 14.4 Å². The van der Waals surface area contributed by atoms with Gasteiger partial charge in [0.2, 0.25) is 0 Å². The molecule has 0 bridgehead atoms. The Morgan fingerprint density at radius 2 is 0.879 bits per heavy atom. The number of aromatic amines is 3. The highest BCUT2D eigenvalue weighted by Crippen LogP contribution is 2.44. The SMILES string of the molecule is CC(C)COC(=O)N1CCc2c([nH]c3ccc(Cl)cc23)C1c1ccc(OCCCCCCn2ccnc2)cc1.CC(C)COC(=O)N1CCc2c([nH]c3ccc(Cl)cc23)C1c1ccc(OCCCCCCn2cncn2)cc1.COCCOC(=O)N1CCc2c([nH]c3ccc(Cl)cc23)C1c1ccc(OCCCCCCNCCO)cc1. The van der Waals surface area contributed by atoms with E-state index in [9.17, 15) is 14.4 Å². The summed E-state index contributed by atoms with van der Waals surface area (Å²) < 4.78 is 43.9. The number of aliphatic hydroxyl groups is 1. The van der Waals surface area contributed by atoms with Crippen LogP contribution in [-0.4, -0.2) is 170 Å². The molecule has 0 aliphatic carbocycles. The number of ether oxygens (including phenoxy) is 7. The summed E-state index contributed by atoms with van der Waals surface area (Å²) in [5.41, 5.74) is 12.7. The number of imidazole rings is 1. The van der Waals surface area contributed by atoms with Gasteiger partial charge in [-0.2, -0.15) is 5.10 Å². The van der Waals surface area contributed by atoms with Crippen LogP contribution >= 0.6 is 34.8 Å². The molecule has 0 saturated carbocycles. The van der Waals surface area contributed by atoms with Gasteiger partial charge in [0, 0.05) is 124 Å². The Hall–Kier alpha value is -9.75. The minimum Gasteiger partial charge on any atom is -0.494 e. The van der Waals surface area contributed by atoms with Crippen LogP contribution in [0.2, 0.25) is 15.1 Å². The van der Waals surface area contributed by atoms with Gasteiger partial charge in [-0.3, -0.25) is 19.4 Å². The van der Waals surface area contributed by atoms with E-state index < -0.39 is 0 Å². The zero-order valence-electron chi connectivity index (χ0n) is 67.4. The Bertz CT molecular complexity index is 4650. The van der Waals surface area contributed by atoms with Crippen molar-refractivity contribution in [3.63, 3.8) is 0 Å². The molecule has 0 saturated heterocycles. The molecule has 0 fully saturated rings. The number of nitrogens with one attached hydrogen (secondary N) is 4. The zero-order valence-corrected chi connectivity index (χ0v) is 69.6. The van der Waals surface area contributed by atoms with Gasteiger partial charge in [0.1, 0.15) is 54.6 Å². The first-order chi connectivity index (χ1) is 56.6. The van der Waals surface area contributed by atoms with Gasteiger partial charge in [-0.25, -0.2) is 24.4 Å². The maximum Gasteiger partial charge on any atom is 0.410 e. The van der Waals surface area contributed by atoms with Crippen molar-refractivity contribution in [3.8, 4) is 17.2 Å². The number of benzene rings is 6. The van der Waals surface area contributed by atoms with E-state index >= 15 is 0 Å². The molecule has 3 aliphatic rings. The van der Waals surface area contributed by atoms with E-state index in [0.29, 0.717) is 87.3 Å². The smallest absolute Gasteiger partial charge is 0.410 e. The number of amides is 3. The Labute approximate surface area is 694 Å². The number of aromatic nitrogens is 8. The fraction of sp³-hybridized carbons (Fsp3) is 0.444. The standard InChI is InChI=1S/C31H37ClN4O3.C30H36ClN5O3.C29H38ClN3O5/c1-22(2)20-39-31(37)36-16-13-26-27-19-24(32)9-12-28(27)34-29(26)30(36)23-7-10-25(11-8-23)38-18-6-4-3-5-15-35-17-14-33-21-35;1-21(2)18-39-30(37)36-15-13-25-26-17-23(31)9-12-27(26)34-28(25)29(36)22-7-10-24(11-8-22)38-16-6-4-3-5-14-35-20-32-19-33-35;1-36-18-19-38-29(35)33-15-12-24-25-20-22(30)8-11-26(25)32-27(24)28(33)21-6-9-23(10-7-21)37-17-5-3-2-4-13-31-14-16-34/h7-12,14,17,19,21-22,30,34H,3-6,13,15-16,18,20H2,1-2H3;7-12,17,19-21,29,34H,3-6,13-16,18H2,1-2H3;6-11,20,28,31-32,34H,2-5,12-19H2,1H3. The van der Waals surface area contributed by atoms with Gasteiger partial charge in [-0.15, -0.1) is 0 Å². The minimum absolute atomic E-state index is 0.182. The molecule has 3 amide bonds. The van der Waals surface area contributed by atoms with Crippen molar-refractivity contribution in [1.29, 1.82) is 0 Å². The van der Waals surface area contributed by atoms with Crippen molar-refractivity contribution >= 4 is 85.8 Å². The van der Waals surface area contributed by atoms with Crippen molar-refractivity contribution in [2.24, 2.45) is 11.8 Å². The predicted molar refractivity (Wildman–Crippen MR) is 456 cm³/mol. The first-order valence-corrected chi connectivity index (χ1v) is 42.2. The van der Waals surface area contributed by atoms with E-state index in [-0.39, 0.29) is 61.5 Å². The van der Waals surface area contributed by atoms with E-state index in [1.165, 1.54) is 23.1 Å². The summed E-state index contributed by atoms with van der Waals surface area (Å²) in [5.74, 6) is 3.02. The number of H-pyrrole nitrogens is 3. The van der Waals surface area contributed by atoms with Crippen LogP contribution in [0, 0.1) is 11.8 Å². The lowest BCUT2D eigenvalue weighted by Gasteiger charge is -2.35. The summed E-state index contributed by atoms with van der Waals surface area (Å²) in [5, 5.41) is 21.5. The lowest BCUT2D eigenvalue weighted by atomic mass is 9.92. The van der Waals surface area contributed by atoms with E-state index in [1.54, 1.807) is 24.7 Å². The molecule has 3 unspecified atom stereocenters. The number of unbranched alkanes of at least 4 members (excludes halogenated alkanes) is 9. The topological polar surface area (TPSA) is 254 Å². The summed E-state index contributed by atoms with van der Waals surface area (Å²) in [6, 6.07) is 40.9. The molecule has 26 heteroatoms. The van der Waals surface area contributed by atoms with E-state index in [2.05, 4.69) is 64.2 Å². The average molecular weight is 1640 g/mol. The number of nitrogens with zero attached hydrogens (tertiary/aromatic N) is 8. The molecule has 11 aromatic rings. The van der Waals surface area contributed by atoms with Crippen molar-refractivity contribution in [1.82, 2.24) is 59.3 Å². The normalized spacial score (nSPS) is 15.1. The molecule has 8 heterocycles. The Kier molecular flexibility index (Phi) is 32.1. The Morgan fingerprint density at radius 3 is 1.26 bits per heavy atom. The third kappa shape index (κ3) is 23.3. The molecule has 618 valence electrons. The summed E-state index contributed by atoms with van der Waals surface area (Å²) in [4.78, 5) is 63.6. The number of carbonyl (C=O) groups excluding carboxylic acids is 3. The zero-order chi connectivity index (χ0) is 81.1. The second-order valence-electron chi connectivity index (χ2n) is 30.6. The lowest BCUT2D eigenvalue weighted by molar-refractivity contribution is 0.0629. The highest BCUT2D eigenvalue weighted by Gasteiger charge is 2.39. The van der Waals surface area contributed by atoms with Crippen LogP contribution in [0.25, 0.3) is 32.7 Å². The molecule has 0 spiro atoms. The average Bonchev–Trinajstić information content (AvgIpc) is 1.59. The van der Waals surface area contributed by atoms with Gasteiger partial charge in [-0.05, 0) is 207 Å². The lowest BCUT2D eigenvalue weighted by Crippen LogP contribution is -2.41. The third-order valence-corrected chi connectivity index (χ3v) is 21.8. The Balaban J connectivity index is 0.000000160. The van der Waals surface area contributed by atoms with Crippen molar-refractivity contribution in [2.75, 3.05) is 92.7 Å². The molecule has 3 atom stereocenters. The number of rotatable bonds is 36. The number of hydrogen-bond donors (Lipinski definition) is 5. The largest absolute Gasteiger partial charge is 0.494 e. The van der Waals surface area contributed by atoms with E-state index in [4.69, 9.17) is 73.1 Å². The highest BCUT2D eigenvalue weighted by atomic mass is 35.5. The maximum atomic E-state index is 13.2. The quantitative estimate of drug-likeness (QED) is 0.0181. The summed E-state index contributed by atoms with van der Waals surface area (Å²) in [6.07, 6.45) is 23.4. The number of hydrogen-bond acceptors (Lipinski definition) is 15. The van der Waals surface area contributed by atoms with Gasteiger partial charge < -0.3 is 63.1 Å². The van der Waals surface area contributed by atoms with Crippen LogP contribution < -0.4 is 19.5 Å². The van der Waals surface area contributed by atoms with Crippen LogP contribution in [0.3, 0.4) is 0 Å². The Morgan fingerprint density at radius 1 is 0.474 bits per heavy atom. The maximum absolute atomic E-state index is 13.2. The molecule has 116 heavy (non-hydrogen) atoms. The fourth-order valence-electron chi connectivity index (χ4n) is 15.3. The van der Waals surface area contributed by atoms with Gasteiger partial charge in [0.05, 0.1) is 52.6 Å². The monoisotopic (exact) mass is 1640 g/mol. The molecular weight excluding hydrogens is 1530 g/mol. The molecule has 23 nitrogen and oxygen atoms in total. The number of methoxy groups -OCH3 is 1. The number of carbonyl (C=O) groups is 3. The molecule has 5 N–H and O–H groups in total. The van der Waals surface area contributed by atoms with Crippen LogP contribution in [-0.2, 0) is 51.3 Å². The van der Waals surface area contributed by atoms with Crippen LogP contribution in [0.5, 0.6) is 17.2 Å². The van der Waals surface area contributed by atoms with E-state index in [1.807, 2.05) is 164 Å². The van der Waals surface area contributed by atoms with Crippen molar-refractivity contribution in [2.45, 2.75) is 155 Å². The molecule has 5 aromatic heterocycles. The molecule has 6 aromatic carbocycles. The number of halogens is 3. The second kappa shape index (κ2) is 43.5. The second-order valence-corrected chi connectivity index (χ2v) is 31.9. The number of fused-ring (bicyclic) bond motifs is 9. The fourth-order valence-corrected chi connectivity index (χ4v) is 15.8. The number of aliphatic hydroxyl groups excluding tert-OH is 1. The minimum atomic E-state index is -0.360. The predicted octanol–water partition coefficient (Wildman–Crippen LogP) is 19.3. The molecule has 14 rings (SSSR count). The molecule has 0 radical (unpaired) electrons. The first kappa shape index (κ1) is 85.6. The van der Waals surface area contributed by atoms with Gasteiger partial charge in [0.15, 0.2) is 0 Å². The van der Waals surface area contributed by atoms with Crippen LogP contribution in [0.15, 0.2) is 159 Å². The van der Waals surface area contributed by atoms with Gasteiger partial charge >= 0.3 is 18.3 Å². The molecular formula is C90H111Cl3N12O11. The third-order valence-electron chi connectivity index (χ3n) is 21.1. The summed E-state index contributed by atoms with van der Waals surface area (Å²) >= 11 is 18.9. The van der Waals surface area contributed by atoms with Gasteiger partial charge in [0.25, 0.3) is 0 Å². The highest BCUT2D eigenvalue weighted by molar-refractivity contribution is 6.32. The van der Waals surface area contributed by atoms with Crippen molar-refractivity contribution < 1.29 is 52.6 Å². The molecule has 3 aliphatic heterocycles. The summed E-state index contributed by atoms with van der Waals surface area (Å²) in [7, 11) is 1.58. The van der Waals surface area contributed by atoms with Crippen LogP contribution in [0.1, 0.15) is 173 Å². The first-order valence-electron chi connectivity index (χ1n) is 41.1. The van der Waals surface area contributed by atoms with E-state index in [0.717, 1.165) is 187 Å².